The van der Waals surface area contributed by atoms with Gasteiger partial charge in [0.1, 0.15) is 0 Å². The van der Waals surface area contributed by atoms with Gasteiger partial charge in [-0.25, -0.2) is 0 Å². The maximum absolute atomic E-state index is 8.87. The zero-order chi connectivity index (χ0) is 11.9. The quantitative estimate of drug-likeness (QED) is 0.782. The summed E-state index contributed by atoms with van der Waals surface area (Å²) >= 11 is 0. The first-order chi connectivity index (χ1) is 8.22. The van der Waals surface area contributed by atoms with Gasteiger partial charge in [0.15, 0.2) is 0 Å². The maximum Gasteiger partial charge on any atom is 0.0628 e. The highest BCUT2D eigenvalue weighted by molar-refractivity contribution is 5.80. The van der Waals surface area contributed by atoms with Crippen LogP contribution < -0.4 is 0 Å². The lowest BCUT2D eigenvalue weighted by molar-refractivity contribution is 0.440. The maximum atomic E-state index is 8.87. The first-order valence-electron chi connectivity index (χ1n) is 6.15. The molecule has 1 saturated carbocycles. The predicted molar refractivity (Wildman–Crippen MR) is 68.6 cm³/mol. The van der Waals surface area contributed by atoms with Gasteiger partial charge in [0.25, 0.3) is 0 Å². The predicted octanol–water partition coefficient (Wildman–Crippen LogP) is 3.64. The normalized spacial score (nSPS) is 16.9. The fourth-order valence-electron chi connectivity index (χ4n) is 2.53. The van der Waals surface area contributed by atoms with Crippen molar-refractivity contribution in [2.45, 2.75) is 32.7 Å². The lowest BCUT2D eigenvalue weighted by Gasteiger charge is -2.13. The van der Waals surface area contributed by atoms with Crippen LogP contribution in [-0.2, 0) is 6.54 Å². The standard InChI is InChI=1S/C15H16N2/c1-12-2-3-13-4-9-17(14(13)10-12)11-15(5-6-15)7-8-16/h2-4,9-10H,5-7,11H2,1H3. The molecule has 1 aliphatic carbocycles. The van der Waals surface area contributed by atoms with E-state index in [9.17, 15) is 0 Å². The fourth-order valence-corrected chi connectivity index (χ4v) is 2.53. The van der Waals surface area contributed by atoms with Gasteiger partial charge >= 0.3 is 0 Å². The minimum atomic E-state index is 0.268. The summed E-state index contributed by atoms with van der Waals surface area (Å²) in [7, 11) is 0. The molecule has 0 N–H and O–H groups in total. The molecule has 86 valence electrons. The van der Waals surface area contributed by atoms with Crippen LogP contribution in [0.5, 0.6) is 0 Å². The number of rotatable bonds is 3. The van der Waals surface area contributed by atoms with Crippen molar-refractivity contribution in [3.8, 4) is 6.07 Å². The number of aromatic nitrogens is 1. The summed E-state index contributed by atoms with van der Waals surface area (Å²) in [5, 5.41) is 10.2. The number of benzene rings is 1. The lowest BCUT2D eigenvalue weighted by Crippen LogP contribution is -2.10. The van der Waals surface area contributed by atoms with Gasteiger partial charge in [-0.05, 0) is 42.8 Å². The average molecular weight is 224 g/mol. The molecule has 3 rings (SSSR count). The Morgan fingerprint density at radius 2 is 2.18 bits per heavy atom. The van der Waals surface area contributed by atoms with Crippen LogP contribution in [0.3, 0.4) is 0 Å². The van der Waals surface area contributed by atoms with Crippen LogP contribution in [0, 0.1) is 23.7 Å². The zero-order valence-corrected chi connectivity index (χ0v) is 10.1. The van der Waals surface area contributed by atoms with Crippen molar-refractivity contribution in [1.29, 1.82) is 5.26 Å². The van der Waals surface area contributed by atoms with E-state index < -0.39 is 0 Å². The van der Waals surface area contributed by atoms with Gasteiger partial charge in [-0.2, -0.15) is 5.26 Å². The molecule has 0 amide bonds. The van der Waals surface area contributed by atoms with Crippen LogP contribution in [0.1, 0.15) is 24.8 Å². The summed E-state index contributed by atoms with van der Waals surface area (Å²) < 4.78 is 2.31. The molecule has 2 heteroatoms. The Hall–Kier alpha value is -1.75. The minimum absolute atomic E-state index is 0.268. The molecule has 0 aliphatic heterocycles. The Kier molecular flexibility index (Phi) is 2.22. The third kappa shape index (κ3) is 1.82. The van der Waals surface area contributed by atoms with Crippen molar-refractivity contribution < 1.29 is 0 Å². The molecule has 17 heavy (non-hydrogen) atoms. The first kappa shape index (κ1) is 10.4. The summed E-state index contributed by atoms with van der Waals surface area (Å²) in [6, 6.07) is 11.0. The highest BCUT2D eigenvalue weighted by atomic mass is 15.0. The molecule has 0 spiro atoms. The van der Waals surface area contributed by atoms with Crippen LogP contribution in [0.15, 0.2) is 30.5 Å². The summed E-state index contributed by atoms with van der Waals surface area (Å²) in [6.07, 6.45) is 5.25. The van der Waals surface area contributed by atoms with Crippen molar-refractivity contribution >= 4 is 10.9 Å². The summed E-state index contributed by atoms with van der Waals surface area (Å²) in [6.45, 7) is 3.12. The molecule has 1 heterocycles. The first-order valence-corrected chi connectivity index (χ1v) is 6.15. The van der Waals surface area contributed by atoms with Gasteiger partial charge in [-0.3, -0.25) is 0 Å². The highest BCUT2D eigenvalue weighted by Crippen LogP contribution is 2.50. The number of nitrogens with zero attached hydrogens (tertiary/aromatic N) is 2. The van der Waals surface area contributed by atoms with Gasteiger partial charge in [0.05, 0.1) is 6.07 Å². The molecule has 1 aromatic carbocycles. The van der Waals surface area contributed by atoms with Crippen LogP contribution in [0.4, 0.5) is 0 Å². The van der Waals surface area contributed by atoms with Crippen molar-refractivity contribution in [2.75, 3.05) is 0 Å². The van der Waals surface area contributed by atoms with Crippen LogP contribution >= 0.6 is 0 Å². The van der Waals surface area contributed by atoms with E-state index in [0.29, 0.717) is 6.42 Å². The molecule has 0 saturated heterocycles. The molecular weight excluding hydrogens is 208 g/mol. The minimum Gasteiger partial charge on any atom is -0.347 e. The van der Waals surface area contributed by atoms with E-state index in [4.69, 9.17) is 5.26 Å². The highest BCUT2D eigenvalue weighted by Gasteiger charge is 2.42. The second-order valence-corrected chi connectivity index (χ2v) is 5.34. The second-order valence-electron chi connectivity index (χ2n) is 5.34. The SMILES string of the molecule is Cc1ccc2ccn(CC3(CC#N)CC3)c2c1. The molecule has 2 nitrogen and oxygen atoms in total. The second kappa shape index (κ2) is 3.63. The van der Waals surface area contributed by atoms with Crippen LogP contribution in [-0.4, -0.2) is 4.57 Å². The lowest BCUT2D eigenvalue weighted by atomic mass is 10.0. The number of aryl methyl sites for hydroxylation is 1. The molecule has 0 unspecified atom stereocenters. The monoisotopic (exact) mass is 224 g/mol. The van der Waals surface area contributed by atoms with Gasteiger partial charge in [0, 0.05) is 30.1 Å². The Labute approximate surface area is 101 Å². The van der Waals surface area contributed by atoms with E-state index in [1.54, 1.807) is 0 Å². The van der Waals surface area contributed by atoms with Gasteiger partial charge < -0.3 is 4.57 Å². The van der Waals surface area contributed by atoms with E-state index in [2.05, 4.69) is 48.0 Å². The Morgan fingerprint density at radius 1 is 1.35 bits per heavy atom. The van der Waals surface area contributed by atoms with Crippen molar-refractivity contribution in [3.63, 3.8) is 0 Å². The molecule has 1 aromatic heterocycles. The molecular formula is C15H16N2. The van der Waals surface area contributed by atoms with Crippen molar-refractivity contribution in [3.05, 3.63) is 36.0 Å². The van der Waals surface area contributed by atoms with E-state index >= 15 is 0 Å². The average Bonchev–Trinajstić information content (AvgIpc) is 2.95. The van der Waals surface area contributed by atoms with Gasteiger partial charge in [0.2, 0.25) is 0 Å². The number of hydrogen-bond acceptors (Lipinski definition) is 1. The summed E-state index contributed by atoms with van der Waals surface area (Å²) in [5.74, 6) is 0. The van der Waals surface area contributed by atoms with Crippen LogP contribution in [0.25, 0.3) is 10.9 Å². The largest absolute Gasteiger partial charge is 0.347 e. The van der Waals surface area contributed by atoms with E-state index in [1.807, 2.05) is 0 Å². The molecule has 0 radical (unpaired) electrons. The smallest absolute Gasteiger partial charge is 0.0628 e. The van der Waals surface area contributed by atoms with E-state index in [0.717, 1.165) is 6.54 Å². The van der Waals surface area contributed by atoms with Crippen molar-refractivity contribution in [2.24, 2.45) is 5.41 Å². The number of hydrogen-bond donors (Lipinski definition) is 0. The molecule has 1 fully saturated rings. The third-order valence-electron chi connectivity index (χ3n) is 3.85. The van der Waals surface area contributed by atoms with Gasteiger partial charge in [-0.1, -0.05) is 12.1 Å². The summed E-state index contributed by atoms with van der Waals surface area (Å²) in [5.41, 5.74) is 2.86. The molecule has 0 atom stereocenters. The van der Waals surface area contributed by atoms with E-state index in [-0.39, 0.29) is 5.41 Å². The summed E-state index contributed by atoms with van der Waals surface area (Å²) in [4.78, 5) is 0. The molecule has 2 aromatic rings. The Bertz CT molecular complexity index is 597. The van der Waals surface area contributed by atoms with E-state index in [1.165, 1.54) is 29.3 Å². The third-order valence-corrected chi connectivity index (χ3v) is 3.85. The Morgan fingerprint density at radius 3 is 2.88 bits per heavy atom. The van der Waals surface area contributed by atoms with Gasteiger partial charge in [-0.15, -0.1) is 0 Å². The zero-order valence-electron chi connectivity index (χ0n) is 10.1. The molecule has 1 aliphatic rings. The number of fused-ring (bicyclic) bond motifs is 1. The Balaban J connectivity index is 1.96. The number of nitriles is 1. The molecule has 0 bridgehead atoms. The van der Waals surface area contributed by atoms with Crippen molar-refractivity contribution in [1.82, 2.24) is 4.57 Å². The fraction of sp³-hybridized carbons (Fsp3) is 0.400. The van der Waals surface area contributed by atoms with Crippen LogP contribution in [0.2, 0.25) is 0 Å². The topological polar surface area (TPSA) is 28.7 Å².